The van der Waals surface area contributed by atoms with Crippen LogP contribution in [0.25, 0.3) is 0 Å². The quantitative estimate of drug-likeness (QED) is 0.904. The molecule has 0 aliphatic carbocycles. The highest BCUT2D eigenvalue weighted by Gasteiger charge is 2.23. The van der Waals surface area contributed by atoms with Crippen molar-refractivity contribution < 1.29 is 12.9 Å². The lowest BCUT2D eigenvalue weighted by atomic mass is 10.3. The van der Waals surface area contributed by atoms with E-state index < -0.39 is 10.0 Å². The van der Waals surface area contributed by atoms with Gasteiger partial charge in [-0.25, -0.2) is 0 Å². The first-order valence-electron chi connectivity index (χ1n) is 4.93. The summed E-state index contributed by atoms with van der Waals surface area (Å²) in [4.78, 5) is 0. The lowest BCUT2D eigenvalue weighted by molar-refractivity contribution is 0.381. The maximum absolute atomic E-state index is 12.0. The molecule has 1 N–H and O–H groups in total. The van der Waals surface area contributed by atoms with Gasteiger partial charge in [0.2, 0.25) is 5.03 Å². The lowest BCUT2D eigenvalue weighted by Crippen LogP contribution is -2.14. The summed E-state index contributed by atoms with van der Waals surface area (Å²) in [5, 5.41) is 3.45. The van der Waals surface area contributed by atoms with E-state index in [9.17, 15) is 8.42 Å². The lowest BCUT2D eigenvalue weighted by Gasteiger charge is -2.04. The fourth-order valence-electron chi connectivity index (χ4n) is 1.30. The van der Waals surface area contributed by atoms with Crippen molar-refractivity contribution in [1.29, 1.82) is 0 Å². The zero-order chi connectivity index (χ0) is 12.5. The molecule has 0 fully saturated rings. The van der Waals surface area contributed by atoms with Crippen molar-refractivity contribution in [3.8, 4) is 0 Å². The number of sulfonamides is 1. The van der Waals surface area contributed by atoms with E-state index >= 15 is 0 Å². The number of rotatable bonds is 3. The molecule has 0 saturated carbocycles. The molecule has 0 amide bonds. The Hall–Kier alpha value is -1.82. The van der Waals surface area contributed by atoms with Crippen molar-refractivity contribution >= 4 is 15.7 Å². The molecule has 0 aliphatic rings. The number of nitrogens with one attached hydrogen (secondary N) is 1. The summed E-state index contributed by atoms with van der Waals surface area (Å²) in [6, 6.07) is 9.48. The predicted molar refractivity (Wildman–Crippen MR) is 62.1 cm³/mol. The van der Waals surface area contributed by atoms with E-state index in [0.29, 0.717) is 17.0 Å². The molecule has 5 nitrogen and oxygen atoms in total. The number of hydrogen-bond acceptors (Lipinski definition) is 4. The molecule has 17 heavy (non-hydrogen) atoms. The summed E-state index contributed by atoms with van der Waals surface area (Å²) in [6.45, 7) is 3.31. The number of para-hydroxylation sites is 1. The van der Waals surface area contributed by atoms with Crippen LogP contribution in [-0.2, 0) is 10.0 Å². The summed E-state index contributed by atoms with van der Waals surface area (Å²) < 4.78 is 31.2. The third-order valence-electron chi connectivity index (χ3n) is 2.32. The first kappa shape index (κ1) is 11.7. The average molecular weight is 251 g/mol. The molecule has 0 saturated heterocycles. The van der Waals surface area contributed by atoms with Crippen molar-refractivity contribution in [3.63, 3.8) is 0 Å². The SMILES string of the molecule is Cc1onc(S(=O)(=O)Nc2[c]cccc2)c1C. The molecule has 0 bridgehead atoms. The van der Waals surface area contributed by atoms with Crippen LogP contribution in [0.15, 0.2) is 33.8 Å². The van der Waals surface area contributed by atoms with Crippen LogP contribution in [0.1, 0.15) is 11.3 Å². The largest absolute Gasteiger partial charge is 0.360 e. The van der Waals surface area contributed by atoms with E-state index in [1.165, 1.54) is 0 Å². The van der Waals surface area contributed by atoms with Gasteiger partial charge in [-0.05, 0) is 19.9 Å². The minimum Gasteiger partial charge on any atom is -0.360 e. The molecule has 1 heterocycles. The number of benzene rings is 1. The minimum absolute atomic E-state index is 0.0905. The van der Waals surface area contributed by atoms with Gasteiger partial charge in [-0.15, -0.1) is 0 Å². The number of nitrogens with zero attached hydrogens (tertiary/aromatic N) is 1. The summed E-state index contributed by atoms with van der Waals surface area (Å²) in [5.74, 6) is 0.488. The second-order valence-electron chi connectivity index (χ2n) is 3.55. The Bertz CT molecular complexity index is 617. The maximum atomic E-state index is 12.0. The van der Waals surface area contributed by atoms with E-state index in [1.54, 1.807) is 38.1 Å². The van der Waals surface area contributed by atoms with Gasteiger partial charge in [0.1, 0.15) is 5.76 Å². The molecule has 2 rings (SSSR count). The van der Waals surface area contributed by atoms with Crippen LogP contribution in [0.5, 0.6) is 0 Å². The fourth-order valence-corrected chi connectivity index (χ4v) is 2.49. The van der Waals surface area contributed by atoms with Gasteiger partial charge in [-0.1, -0.05) is 23.4 Å². The molecule has 1 radical (unpaired) electrons. The van der Waals surface area contributed by atoms with Crippen LogP contribution in [-0.4, -0.2) is 13.6 Å². The molecule has 1 aromatic heterocycles. The van der Waals surface area contributed by atoms with Crippen LogP contribution in [0.2, 0.25) is 0 Å². The smallest absolute Gasteiger partial charge is 0.283 e. The Labute approximate surface area is 99.5 Å². The van der Waals surface area contributed by atoms with Crippen molar-refractivity contribution in [2.45, 2.75) is 18.9 Å². The summed E-state index contributed by atoms with van der Waals surface area (Å²) in [6.07, 6.45) is 0. The zero-order valence-corrected chi connectivity index (χ0v) is 10.2. The van der Waals surface area contributed by atoms with Crippen molar-refractivity contribution in [1.82, 2.24) is 5.16 Å². The highest BCUT2D eigenvalue weighted by molar-refractivity contribution is 7.92. The Balaban J connectivity index is 2.35. The minimum atomic E-state index is -3.71. The molecule has 89 valence electrons. The topological polar surface area (TPSA) is 72.2 Å². The van der Waals surface area contributed by atoms with Gasteiger partial charge in [-0.3, -0.25) is 4.72 Å². The highest BCUT2D eigenvalue weighted by atomic mass is 32.2. The molecular formula is C11H11N2O3S. The molecule has 0 unspecified atom stereocenters. The van der Waals surface area contributed by atoms with Gasteiger partial charge in [0.05, 0.1) is 5.69 Å². The van der Waals surface area contributed by atoms with Crippen LogP contribution in [0, 0.1) is 19.9 Å². The normalized spacial score (nSPS) is 11.4. The van der Waals surface area contributed by atoms with Crippen molar-refractivity contribution in [2.75, 3.05) is 4.72 Å². The molecule has 0 spiro atoms. The van der Waals surface area contributed by atoms with E-state index in [1.807, 2.05) is 0 Å². The number of anilines is 1. The molecule has 1 aromatic carbocycles. The zero-order valence-electron chi connectivity index (χ0n) is 9.39. The standard InChI is InChI=1S/C11H11N2O3S/c1-8-9(2)16-12-11(8)17(14,15)13-10-6-4-3-5-7-10/h3-6,13H,1-2H3. The summed E-state index contributed by atoms with van der Waals surface area (Å²) in [7, 11) is -3.71. The molecule has 0 aliphatic heterocycles. The Morgan fingerprint density at radius 2 is 2.12 bits per heavy atom. The van der Waals surface area contributed by atoms with E-state index in [0.717, 1.165) is 0 Å². The molecular weight excluding hydrogens is 240 g/mol. The maximum Gasteiger partial charge on any atom is 0.283 e. The van der Waals surface area contributed by atoms with Gasteiger partial charge in [0, 0.05) is 11.6 Å². The molecule has 6 heteroatoms. The number of aromatic nitrogens is 1. The van der Waals surface area contributed by atoms with Crippen LogP contribution in [0.4, 0.5) is 5.69 Å². The van der Waals surface area contributed by atoms with E-state index in [2.05, 4.69) is 15.9 Å². The third-order valence-corrected chi connectivity index (χ3v) is 3.70. The van der Waals surface area contributed by atoms with Gasteiger partial charge in [0.25, 0.3) is 10.0 Å². The van der Waals surface area contributed by atoms with Crippen molar-refractivity contribution in [2.24, 2.45) is 0 Å². The third kappa shape index (κ3) is 2.31. The fraction of sp³-hybridized carbons (Fsp3) is 0.182. The predicted octanol–water partition coefficient (Wildman–Crippen LogP) is 1.89. The van der Waals surface area contributed by atoms with Gasteiger partial charge in [-0.2, -0.15) is 8.42 Å². The van der Waals surface area contributed by atoms with Gasteiger partial charge >= 0.3 is 0 Å². The number of hydrogen-bond donors (Lipinski definition) is 1. The average Bonchev–Trinajstić information content (AvgIpc) is 2.61. The Morgan fingerprint density at radius 3 is 2.65 bits per heavy atom. The Kier molecular flexibility index (Phi) is 2.89. The van der Waals surface area contributed by atoms with E-state index in [-0.39, 0.29) is 5.03 Å². The van der Waals surface area contributed by atoms with Gasteiger partial charge < -0.3 is 4.52 Å². The summed E-state index contributed by atoms with van der Waals surface area (Å²) in [5.41, 5.74) is 0.876. The van der Waals surface area contributed by atoms with Crippen LogP contribution >= 0.6 is 0 Å². The first-order valence-corrected chi connectivity index (χ1v) is 6.41. The second kappa shape index (κ2) is 4.21. The monoisotopic (exact) mass is 251 g/mol. The molecule has 0 atom stereocenters. The second-order valence-corrected chi connectivity index (χ2v) is 5.15. The van der Waals surface area contributed by atoms with Gasteiger partial charge in [0.15, 0.2) is 0 Å². The van der Waals surface area contributed by atoms with Crippen LogP contribution < -0.4 is 4.72 Å². The first-order chi connectivity index (χ1) is 8.00. The number of aryl methyl sites for hydroxylation is 1. The Morgan fingerprint density at radius 1 is 1.35 bits per heavy atom. The molecule has 2 aromatic rings. The summed E-state index contributed by atoms with van der Waals surface area (Å²) >= 11 is 0. The van der Waals surface area contributed by atoms with Crippen molar-refractivity contribution in [3.05, 3.63) is 41.7 Å². The van der Waals surface area contributed by atoms with Crippen LogP contribution in [0.3, 0.4) is 0 Å². The highest BCUT2D eigenvalue weighted by Crippen LogP contribution is 2.19. The van der Waals surface area contributed by atoms with E-state index in [4.69, 9.17) is 4.52 Å².